The van der Waals surface area contributed by atoms with E-state index in [9.17, 15) is 19.7 Å². The highest BCUT2D eigenvalue weighted by atomic mass is 16.6. The van der Waals surface area contributed by atoms with E-state index in [2.05, 4.69) is 15.5 Å². The third-order valence-corrected chi connectivity index (χ3v) is 5.49. The molecule has 0 unspecified atom stereocenters. The summed E-state index contributed by atoms with van der Waals surface area (Å²) >= 11 is 0. The fourth-order valence-corrected chi connectivity index (χ4v) is 3.88. The van der Waals surface area contributed by atoms with Crippen molar-refractivity contribution in [1.29, 1.82) is 0 Å². The van der Waals surface area contributed by atoms with Gasteiger partial charge >= 0.3 is 0 Å². The zero-order valence-electron chi connectivity index (χ0n) is 16.7. The van der Waals surface area contributed by atoms with Crippen molar-refractivity contribution in [3.63, 3.8) is 0 Å². The van der Waals surface area contributed by atoms with E-state index in [0.29, 0.717) is 28.7 Å². The summed E-state index contributed by atoms with van der Waals surface area (Å²) in [6.45, 7) is 0.634. The molecule has 0 radical (unpaired) electrons. The van der Waals surface area contributed by atoms with E-state index in [-0.39, 0.29) is 17.3 Å². The summed E-state index contributed by atoms with van der Waals surface area (Å²) in [6.07, 6.45) is 0.825. The average Bonchev–Trinajstić information content (AvgIpc) is 3.43. The molecule has 1 aliphatic heterocycles. The number of nitrogens with zero attached hydrogens (tertiary/aromatic N) is 3. The van der Waals surface area contributed by atoms with E-state index in [1.807, 2.05) is 24.3 Å². The Morgan fingerprint density at radius 2 is 1.84 bits per heavy atom. The second kappa shape index (κ2) is 7.62. The second-order valence-electron chi connectivity index (χ2n) is 7.43. The molecular formula is C23H17N5O4. The lowest BCUT2D eigenvalue weighted by Gasteiger charge is -2.17. The smallest absolute Gasteiger partial charge is 0.276 e. The van der Waals surface area contributed by atoms with Crippen LogP contribution in [0, 0.1) is 10.1 Å². The topological polar surface area (TPSA) is 121 Å². The lowest BCUT2D eigenvalue weighted by Crippen LogP contribution is -2.28. The van der Waals surface area contributed by atoms with Gasteiger partial charge in [-0.3, -0.25) is 24.8 Å². The molecule has 0 saturated heterocycles. The lowest BCUT2D eigenvalue weighted by atomic mass is 10.1. The van der Waals surface area contributed by atoms with Crippen LogP contribution < -0.4 is 10.2 Å². The normalized spacial score (nSPS) is 12.6. The maximum Gasteiger partial charge on any atom is 0.276 e. The first-order valence-corrected chi connectivity index (χ1v) is 9.95. The number of rotatable bonds is 4. The Kier molecular flexibility index (Phi) is 4.63. The fourth-order valence-electron chi connectivity index (χ4n) is 3.88. The molecule has 0 bridgehead atoms. The van der Waals surface area contributed by atoms with Crippen molar-refractivity contribution in [2.24, 2.45) is 0 Å². The van der Waals surface area contributed by atoms with E-state index < -0.39 is 10.8 Å². The Hall–Kier alpha value is -4.53. The molecule has 32 heavy (non-hydrogen) atoms. The molecule has 4 aromatic rings. The zero-order chi connectivity index (χ0) is 22.2. The van der Waals surface area contributed by atoms with E-state index in [1.165, 1.54) is 18.2 Å². The highest BCUT2D eigenvalue weighted by molar-refractivity contribution is 6.12. The van der Waals surface area contributed by atoms with Crippen LogP contribution in [0.25, 0.3) is 10.9 Å². The van der Waals surface area contributed by atoms with Crippen LogP contribution in [-0.4, -0.2) is 33.5 Å². The second-order valence-corrected chi connectivity index (χ2v) is 7.43. The minimum atomic E-state index is -0.525. The van der Waals surface area contributed by atoms with Crippen LogP contribution in [-0.2, 0) is 6.42 Å². The van der Waals surface area contributed by atoms with Crippen molar-refractivity contribution in [2.45, 2.75) is 6.42 Å². The summed E-state index contributed by atoms with van der Waals surface area (Å²) in [6, 6.07) is 18.6. The van der Waals surface area contributed by atoms with Crippen LogP contribution in [0.1, 0.15) is 26.4 Å². The first-order valence-electron chi connectivity index (χ1n) is 9.95. The first kappa shape index (κ1) is 19.4. The molecule has 2 N–H and O–H groups in total. The molecule has 0 spiro atoms. The van der Waals surface area contributed by atoms with E-state index >= 15 is 0 Å². The Bertz CT molecular complexity index is 1380. The van der Waals surface area contributed by atoms with Crippen LogP contribution in [0.5, 0.6) is 0 Å². The number of nitro groups is 1. The van der Waals surface area contributed by atoms with Gasteiger partial charge in [-0.15, -0.1) is 0 Å². The van der Waals surface area contributed by atoms with Gasteiger partial charge in [0.25, 0.3) is 17.5 Å². The van der Waals surface area contributed by atoms with Gasteiger partial charge in [-0.25, -0.2) is 0 Å². The maximum atomic E-state index is 12.9. The molecule has 0 fully saturated rings. The van der Waals surface area contributed by atoms with Gasteiger partial charge in [0, 0.05) is 41.0 Å². The molecular weight excluding hydrogens is 410 g/mol. The minimum absolute atomic E-state index is 0.0533. The number of para-hydroxylation sites is 1. The van der Waals surface area contributed by atoms with Crippen molar-refractivity contribution in [3.8, 4) is 0 Å². The molecule has 0 atom stereocenters. The zero-order valence-corrected chi connectivity index (χ0v) is 16.7. The van der Waals surface area contributed by atoms with Crippen LogP contribution in [0.4, 0.5) is 17.1 Å². The van der Waals surface area contributed by atoms with Gasteiger partial charge in [-0.2, -0.15) is 5.10 Å². The number of aromatic amines is 1. The summed E-state index contributed by atoms with van der Waals surface area (Å²) in [5.41, 5.74) is 3.52. The van der Waals surface area contributed by atoms with Crippen molar-refractivity contribution in [1.82, 2.24) is 10.2 Å². The fraction of sp³-hybridized carbons (Fsp3) is 0.0870. The van der Waals surface area contributed by atoms with Gasteiger partial charge in [-0.1, -0.05) is 18.2 Å². The molecule has 1 aliphatic rings. The number of amides is 2. The highest BCUT2D eigenvalue weighted by Gasteiger charge is 2.25. The van der Waals surface area contributed by atoms with Gasteiger partial charge in [0.1, 0.15) is 0 Å². The molecule has 158 valence electrons. The monoisotopic (exact) mass is 427 g/mol. The third-order valence-electron chi connectivity index (χ3n) is 5.49. The summed E-state index contributed by atoms with van der Waals surface area (Å²) in [5.74, 6) is -0.609. The lowest BCUT2D eigenvalue weighted by molar-refractivity contribution is -0.384. The van der Waals surface area contributed by atoms with Crippen molar-refractivity contribution >= 4 is 39.8 Å². The molecule has 2 amide bonds. The van der Waals surface area contributed by atoms with Crippen LogP contribution in [0.2, 0.25) is 0 Å². The molecule has 9 nitrogen and oxygen atoms in total. The number of H-pyrrole nitrogens is 1. The quantitative estimate of drug-likeness (QED) is 0.378. The number of fused-ring (bicyclic) bond motifs is 2. The molecule has 1 aromatic heterocycles. The Labute approximate surface area is 181 Å². The highest BCUT2D eigenvalue weighted by Crippen LogP contribution is 2.29. The number of carbonyl (C=O) groups excluding carboxylic acids is 2. The van der Waals surface area contributed by atoms with Crippen molar-refractivity contribution < 1.29 is 14.5 Å². The van der Waals surface area contributed by atoms with Gasteiger partial charge in [-0.05, 0) is 48.4 Å². The molecule has 3 aromatic carbocycles. The van der Waals surface area contributed by atoms with E-state index in [4.69, 9.17) is 0 Å². The number of hydrogen-bond donors (Lipinski definition) is 2. The maximum absolute atomic E-state index is 12.9. The van der Waals surface area contributed by atoms with E-state index in [0.717, 1.165) is 17.7 Å². The van der Waals surface area contributed by atoms with Gasteiger partial charge in [0.2, 0.25) is 0 Å². The summed E-state index contributed by atoms with van der Waals surface area (Å²) in [4.78, 5) is 37.9. The summed E-state index contributed by atoms with van der Waals surface area (Å²) < 4.78 is 0. The molecule has 2 heterocycles. The first-order chi connectivity index (χ1) is 15.5. The predicted molar refractivity (Wildman–Crippen MR) is 119 cm³/mol. The number of non-ortho nitro benzene ring substituents is 1. The molecule has 5 rings (SSSR count). The predicted octanol–water partition coefficient (Wildman–Crippen LogP) is 3.93. The Balaban J connectivity index is 1.34. The number of carbonyl (C=O) groups is 2. The largest absolute Gasteiger partial charge is 0.321 e. The Morgan fingerprint density at radius 3 is 2.62 bits per heavy atom. The minimum Gasteiger partial charge on any atom is -0.321 e. The summed E-state index contributed by atoms with van der Waals surface area (Å²) in [7, 11) is 0. The standard InChI is InChI=1S/C23H17N5O4/c29-22(21-18-13-17(28(31)32)9-10-19(18)25-26-21)24-16-7-5-15(6-8-16)23(30)27-12-11-14-3-1-2-4-20(14)27/h1-10,13H,11-12H2,(H,24,29)(H,25,26). The third kappa shape index (κ3) is 3.35. The number of nitrogens with one attached hydrogen (secondary N) is 2. The molecule has 0 saturated carbocycles. The number of hydrogen-bond acceptors (Lipinski definition) is 5. The molecule has 0 aliphatic carbocycles. The number of nitro benzene ring substituents is 1. The van der Waals surface area contributed by atoms with Crippen molar-refractivity contribution in [2.75, 3.05) is 16.8 Å². The van der Waals surface area contributed by atoms with Gasteiger partial charge in [0.05, 0.1) is 10.4 Å². The number of benzene rings is 3. The SMILES string of the molecule is O=C(Nc1ccc(C(=O)N2CCc3ccccc32)cc1)c1n[nH]c2ccc([N+](=O)[O-])cc12. The summed E-state index contributed by atoms with van der Waals surface area (Å²) in [5, 5.41) is 20.8. The van der Waals surface area contributed by atoms with Crippen LogP contribution >= 0.6 is 0 Å². The van der Waals surface area contributed by atoms with Crippen molar-refractivity contribution in [3.05, 3.63) is 93.7 Å². The van der Waals surface area contributed by atoms with Gasteiger partial charge < -0.3 is 10.2 Å². The average molecular weight is 427 g/mol. The van der Waals surface area contributed by atoms with Crippen LogP contribution in [0.15, 0.2) is 66.7 Å². The number of aromatic nitrogens is 2. The van der Waals surface area contributed by atoms with Crippen LogP contribution in [0.3, 0.4) is 0 Å². The van der Waals surface area contributed by atoms with Gasteiger partial charge in [0.15, 0.2) is 5.69 Å². The Morgan fingerprint density at radius 1 is 1.06 bits per heavy atom. The molecule has 9 heteroatoms. The number of anilines is 2. The van der Waals surface area contributed by atoms with E-state index in [1.54, 1.807) is 29.2 Å².